The molecule has 0 spiro atoms. The molecule has 1 aromatic heterocycles. The van der Waals surface area contributed by atoms with Crippen molar-refractivity contribution in [2.45, 2.75) is 0 Å². The minimum Gasteiger partial charge on any atom is -0.457 e. The molecule has 11 heteroatoms. The van der Waals surface area contributed by atoms with Crippen LogP contribution in [0.1, 0.15) is 0 Å². The molecule has 0 aliphatic heterocycles. The number of benzene rings is 3. The van der Waals surface area contributed by atoms with Crippen LogP contribution in [0.5, 0.6) is 11.5 Å². The number of ether oxygens (including phenoxy) is 1. The fraction of sp³-hybridized carbons (Fsp3) is 0. The standard InChI is InChI=1S/C14H10N4O3.C6H4FNO2/c19-18(20)12-3-7-14(8-4-12)21-13-5-1-11(2-6-13)17-10-15-9-16-17;7-5-1-3-6(4-2-5)8(9)10/h1-10H;1-4H. The molecule has 3 aromatic carbocycles. The Kier molecular flexibility index (Phi) is 6.58. The number of nitro groups is 2. The third-order valence-electron chi connectivity index (χ3n) is 3.84. The van der Waals surface area contributed by atoms with E-state index < -0.39 is 15.7 Å². The fourth-order valence-corrected chi connectivity index (χ4v) is 2.34. The molecule has 0 bridgehead atoms. The van der Waals surface area contributed by atoms with Gasteiger partial charge in [-0.3, -0.25) is 20.2 Å². The topological polar surface area (TPSA) is 126 Å². The van der Waals surface area contributed by atoms with E-state index in [0.29, 0.717) is 11.5 Å². The average Bonchev–Trinajstić information content (AvgIpc) is 3.30. The van der Waals surface area contributed by atoms with Crippen LogP contribution in [0.15, 0.2) is 85.5 Å². The van der Waals surface area contributed by atoms with Gasteiger partial charge < -0.3 is 4.74 Å². The maximum absolute atomic E-state index is 12.1. The Labute approximate surface area is 174 Å². The quantitative estimate of drug-likeness (QED) is 0.336. The number of halogens is 1. The lowest BCUT2D eigenvalue weighted by Crippen LogP contribution is -1.94. The van der Waals surface area contributed by atoms with Gasteiger partial charge in [-0.2, -0.15) is 5.10 Å². The van der Waals surface area contributed by atoms with E-state index in [4.69, 9.17) is 4.74 Å². The Hall–Kier alpha value is -4.67. The van der Waals surface area contributed by atoms with E-state index in [1.54, 1.807) is 35.3 Å². The first kappa shape index (κ1) is 21.0. The van der Waals surface area contributed by atoms with Gasteiger partial charge in [-0.05, 0) is 48.5 Å². The molecule has 0 saturated heterocycles. The first-order valence-corrected chi connectivity index (χ1v) is 8.70. The summed E-state index contributed by atoms with van der Waals surface area (Å²) in [4.78, 5) is 23.4. The van der Waals surface area contributed by atoms with Crippen LogP contribution in [0, 0.1) is 26.0 Å². The highest BCUT2D eigenvalue weighted by atomic mass is 19.1. The van der Waals surface area contributed by atoms with E-state index in [0.717, 1.165) is 30.0 Å². The normalized spacial score (nSPS) is 9.97. The number of hydrogen-bond donors (Lipinski definition) is 0. The molecule has 0 atom stereocenters. The van der Waals surface area contributed by atoms with Crippen molar-refractivity contribution in [3.8, 4) is 17.2 Å². The van der Waals surface area contributed by atoms with Crippen molar-refractivity contribution in [2.24, 2.45) is 0 Å². The molecule has 4 rings (SSSR count). The highest BCUT2D eigenvalue weighted by molar-refractivity contribution is 5.41. The number of nitrogens with zero attached hydrogens (tertiary/aromatic N) is 5. The summed E-state index contributed by atoms with van der Waals surface area (Å²) in [6, 6.07) is 17.5. The number of hydrogen-bond acceptors (Lipinski definition) is 7. The van der Waals surface area contributed by atoms with E-state index in [1.807, 2.05) is 12.1 Å². The van der Waals surface area contributed by atoms with Crippen molar-refractivity contribution in [1.29, 1.82) is 0 Å². The third-order valence-corrected chi connectivity index (χ3v) is 3.84. The Morgan fingerprint density at radius 3 is 1.71 bits per heavy atom. The van der Waals surface area contributed by atoms with Crippen LogP contribution < -0.4 is 4.74 Å². The van der Waals surface area contributed by atoms with Gasteiger partial charge >= 0.3 is 0 Å². The molecule has 0 aliphatic carbocycles. The average molecular weight is 423 g/mol. The van der Waals surface area contributed by atoms with E-state index >= 15 is 0 Å². The van der Waals surface area contributed by atoms with Gasteiger partial charge in [0.25, 0.3) is 11.4 Å². The van der Waals surface area contributed by atoms with Gasteiger partial charge in [-0.15, -0.1) is 0 Å². The van der Waals surface area contributed by atoms with E-state index in [2.05, 4.69) is 10.1 Å². The molecule has 4 aromatic rings. The van der Waals surface area contributed by atoms with Crippen LogP contribution >= 0.6 is 0 Å². The van der Waals surface area contributed by atoms with Gasteiger partial charge in [0.15, 0.2) is 0 Å². The van der Waals surface area contributed by atoms with E-state index in [9.17, 15) is 24.6 Å². The zero-order chi connectivity index (χ0) is 22.2. The minimum atomic E-state index is -0.570. The van der Waals surface area contributed by atoms with Gasteiger partial charge in [-0.1, -0.05) is 0 Å². The lowest BCUT2D eigenvalue weighted by molar-refractivity contribution is -0.385. The summed E-state index contributed by atoms with van der Waals surface area (Å²) in [7, 11) is 0. The number of rotatable bonds is 5. The zero-order valence-corrected chi connectivity index (χ0v) is 15.7. The largest absolute Gasteiger partial charge is 0.457 e. The minimum absolute atomic E-state index is 0.0314. The Morgan fingerprint density at radius 2 is 1.26 bits per heavy atom. The van der Waals surface area contributed by atoms with Crippen LogP contribution in [-0.4, -0.2) is 24.6 Å². The Balaban J connectivity index is 0.000000229. The molecule has 0 aliphatic rings. The molecule has 10 nitrogen and oxygen atoms in total. The Morgan fingerprint density at radius 1 is 0.774 bits per heavy atom. The first-order valence-electron chi connectivity index (χ1n) is 8.70. The smallest absolute Gasteiger partial charge is 0.269 e. The van der Waals surface area contributed by atoms with Crippen molar-refractivity contribution in [3.05, 3.63) is 111 Å². The molecular formula is C20H14FN5O5. The van der Waals surface area contributed by atoms with Crippen LogP contribution in [0.3, 0.4) is 0 Å². The fourth-order valence-electron chi connectivity index (χ4n) is 2.34. The SMILES string of the molecule is O=[N+]([O-])c1ccc(F)cc1.O=[N+]([O-])c1ccc(Oc2ccc(-n3cncn3)cc2)cc1. The van der Waals surface area contributed by atoms with Crippen molar-refractivity contribution < 1.29 is 19.0 Å². The molecule has 1 heterocycles. The molecule has 0 fully saturated rings. The number of nitro benzene ring substituents is 2. The van der Waals surface area contributed by atoms with Crippen molar-refractivity contribution in [3.63, 3.8) is 0 Å². The number of non-ortho nitro benzene ring substituents is 2. The van der Waals surface area contributed by atoms with Gasteiger partial charge in [0.05, 0.1) is 15.5 Å². The highest BCUT2D eigenvalue weighted by Crippen LogP contribution is 2.24. The van der Waals surface area contributed by atoms with E-state index in [-0.39, 0.29) is 11.4 Å². The van der Waals surface area contributed by atoms with Gasteiger partial charge in [0.1, 0.15) is 30.0 Å². The summed E-state index contributed by atoms with van der Waals surface area (Å²) in [6.45, 7) is 0. The Bertz CT molecular complexity index is 1150. The van der Waals surface area contributed by atoms with Crippen molar-refractivity contribution >= 4 is 11.4 Å². The summed E-state index contributed by atoms with van der Waals surface area (Å²) in [5, 5.41) is 24.6. The molecule has 0 saturated carbocycles. The summed E-state index contributed by atoms with van der Waals surface area (Å²) < 4.78 is 19.4. The summed E-state index contributed by atoms with van der Waals surface area (Å²) >= 11 is 0. The van der Waals surface area contributed by atoms with Gasteiger partial charge in [0.2, 0.25) is 0 Å². The summed E-state index contributed by atoms with van der Waals surface area (Å²) in [5.41, 5.74) is 0.800. The molecule has 0 unspecified atom stereocenters. The second kappa shape index (κ2) is 9.69. The molecule has 31 heavy (non-hydrogen) atoms. The second-order valence-electron chi connectivity index (χ2n) is 5.92. The van der Waals surface area contributed by atoms with Crippen molar-refractivity contribution in [2.75, 3.05) is 0 Å². The predicted octanol–water partition coefficient (Wildman–Crippen LogP) is 4.70. The number of aromatic nitrogens is 3. The van der Waals surface area contributed by atoms with Crippen LogP contribution in [0.4, 0.5) is 15.8 Å². The summed E-state index contributed by atoms with van der Waals surface area (Å²) in [6.07, 6.45) is 3.06. The maximum Gasteiger partial charge on any atom is 0.269 e. The molecule has 0 N–H and O–H groups in total. The first-order chi connectivity index (χ1) is 14.9. The lowest BCUT2D eigenvalue weighted by atomic mass is 10.3. The predicted molar refractivity (Wildman–Crippen MR) is 108 cm³/mol. The monoisotopic (exact) mass is 423 g/mol. The van der Waals surface area contributed by atoms with Gasteiger partial charge in [-0.25, -0.2) is 14.1 Å². The maximum atomic E-state index is 12.1. The lowest BCUT2D eigenvalue weighted by Gasteiger charge is -2.06. The summed E-state index contributed by atoms with van der Waals surface area (Å²) in [5.74, 6) is 0.701. The van der Waals surface area contributed by atoms with Crippen LogP contribution in [-0.2, 0) is 0 Å². The van der Waals surface area contributed by atoms with Crippen LogP contribution in [0.2, 0.25) is 0 Å². The van der Waals surface area contributed by atoms with Crippen molar-refractivity contribution in [1.82, 2.24) is 14.8 Å². The second-order valence-corrected chi connectivity index (χ2v) is 5.92. The molecule has 0 amide bonds. The molecule has 156 valence electrons. The highest BCUT2D eigenvalue weighted by Gasteiger charge is 2.05. The van der Waals surface area contributed by atoms with E-state index in [1.165, 1.54) is 18.5 Å². The zero-order valence-electron chi connectivity index (χ0n) is 15.7. The van der Waals surface area contributed by atoms with Gasteiger partial charge in [0, 0.05) is 24.3 Å². The molecule has 0 radical (unpaired) electrons. The third kappa shape index (κ3) is 5.90. The molecular weight excluding hydrogens is 409 g/mol. The van der Waals surface area contributed by atoms with Crippen LogP contribution in [0.25, 0.3) is 5.69 Å².